The lowest BCUT2D eigenvalue weighted by Gasteiger charge is -2.36. The molecule has 1 aromatic heterocycles. The Balaban J connectivity index is 1.82. The molecule has 2 aromatic rings. The zero-order chi connectivity index (χ0) is 23.6. The number of aryl methyl sites for hydroxylation is 2. The van der Waals surface area contributed by atoms with E-state index in [0.29, 0.717) is 33.7 Å². The van der Waals surface area contributed by atoms with Crippen LogP contribution in [-0.2, 0) is 0 Å². The molecule has 0 aliphatic carbocycles. The smallest absolute Gasteiger partial charge is 0.148 e. The lowest BCUT2D eigenvalue weighted by Crippen LogP contribution is -2.45. The summed E-state index contributed by atoms with van der Waals surface area (Å²) >= 11 is 5.88. The number of hydrogen-bond acceptors (Lipinski definition) is 5. The van der Waals surface area contributed by atoms with Crippen molar-refractivity contribution in [3.05, 3.63) is 70.9 Å². The Kier molecular flexibility index (Phi) is 7.36. The highest BCUT2D eigenvalue weighted by Crippen LogP contribution is 2.30. The molecule has 170 valence electrons. The summed E-state index contributed by atoms with van der Waals surface area (Å²) < 4.78 is 14.4. The third-order valence-electron chi connectivity index (χ3n) is 6.14. The van der Waals surface area contributed by atoms with E-state index in [1.165, 1.54) is 6.07 Å². The third kappa shape index (κ3) is 5.37. The number of nitrogens with zero attached hydrogens (tertiary/aromatic N) is 2. The Morgan fingerprint density at radius 3 is 2.62 bits per heavy atom. The molecule has 1 saturated heterocycles. The maximum atomic E-state index is 14.4. The monoisotopic (exact) mass is 455 g/mol. The molecule has 1 aliphatic heterocycles. The van der Waals surface area contributed by atoms with Gasteiger partial charge in [-0.25, -0.2) is 4.39 Å². The molecular weight excluding hydrogens is 425 g/mol. The fraction of sp³-hybridized carbons (Fsp3) is 0.360. The summed E-state index contributed by atoms with van der Waals surface area (Å²) in [4.78, 5) is 6.99. The molecule has 0 bridgehead atoms. The van der Waals surface area contributed by atoms with Crippen LogP contribution in [0.2, 0.25) is 5.02 Å². The first-order valence-corrected chi connectivity index (χ1v) is 11.1. The number of rotatable bonds is 7. The molecule has 1 fully saturated rings. The van der Waals surface area contributed by atoms with Gasteiger partial charge < -0.3 is 15.5 Å². The number of benzene rings is 1. The van der Waals surface area contributed by atoms with Crippen LogP contribution in [0.1, 0.15) is 36.7 Å². The molecule has 0 radical (unpaired) electrons. The number of nitrogens with one attached hydrogen (secondary N) is 3. The predicted octanol–water partition coefficient (Wildman–Crippen LogP) is 5.85. The topological polar surface area (TPSA) is 64.0 Å². The minimum absolute atomic E-state index is 0.187. The van der Waals surface area contributed by atoms with E-state index in [2.05, 4.69) is 47.6 Å². The maximum Gasteiger partial charge on any atom is 0.148 e. The Morgan fingerprint density at radius 2 is 1.97 bits per heavy atom. The average Bonchev–Trinajstić information content (AvgIpc) is 2.74. The van der Waals surface area contributed by atoms with Crippen LogP contribution >= 0.6 is 11.6 Å². The molecule has 2 atom stereocenters. The van der Waals surface area contributed by atoms with Gasteiger partial charge in [-0.15, -0.1) is 0 Å². The Morgan fingerprint density at radius 1 is 1.25 bits per heavy atom. The van der Waals surface area contributed by atoms with Gasteiger partial charge in [-0.05, 0) is 70.5 Å². The SMILES string of the molecule is C=C(NC1CCN(C)C(C)C1)C(=N)C(=C)c1nc(C)c(C)cc1Nc1ccc(Cl)cc1F. The van der Waals surface area contributed by atoms with E-state index in [-0.39, 0.29) is 17.4 Å². The van der Waals surface area contributed by atoms with Gasteiger partial charge in [0.15, 0.2) is 0 Å². The van der Waals surface area contributed by atoms with Crippen molar-refractivity contribution in [3.8, 4) is 0 Å². The average molecular weight is 456 g/mol. The van der Waals surface area contributed by atoms with Gasteiger partial charge in [0.1, 0.15) is 5.82 Å². The molecule has 2 unspecified atom stereocenters. The minimum atomic E-state index is -0.468. The summed E-state index contributed by atoms with van der Waals surface area (Å²) in [5, 5.41) is 15.5. The second-order valence-electron chi connectivity index (χ2n) is 8.56. The fourth-order valence-electron chi connectivity index (χ4n) is 3.81. The second-order valence-corrected chi connectivity index (χ2v) is 9.00. The van der Waals surface area contributed by atoms with Crippen LogP contribution in [0.15, 0.2) is 43.1 Å². The van der Waals surface area contributed by atoms with Gasteiger partial charge in [-0.1, -0.05) is 24.8 Å². The zero-order valence-electron chi connectivity index (χ0n) is 19.1. The lowest BCUT2D eigenvalue weighted by atomic mass is 9.97. The largest absolute Gasteiger partial charge is 0.381 e. The molecule has 3 rings (SSSR count). The van der Waals surface area contributed by atoms with Crippen LogP contribution < -0.4 is 10.6 Å². The summed E-state index contributed by atoms with van der Waals surface area (Å²) in [7, 11) is 2.13. The molecule has 7 heteroatoms. The van der Waals surface area contributed by atoms with Crippen LogP contribution in [-0.4, -0.2) is 41.3 Å². The van der Waals surface area contributed by atoms with E-state index >= 15 is 0 Å². The number of piperidine rings is 1. The van der Waals surface area contributed by atoms with Crippen molar-refractivity contribution in [2.24, 2.45) is 0 Å². The molecular formula is C25H31ClFN5. The minimum Gasteiger partial charge on any atom is -0.381 e. The van der Waals surface area contributed by atoms with Crippen LogP contribution in [0.4, 0.5) is 15.8 Å². The highest BCUT2D eigenvalue weighted by atomic mass is 35.5. The number of pyridine rings is 1. The number of anilines is 2. The Labute approximate surface area is 194 Å². The molecule has 5 nitrogen and oxygen atoms in total. The molecule has 3 N–H and O–H groups in total. The number of halogens is 2. The van der Waals surface area contributed by atoms with Crippen molar-refractivity contribution < 1.29 is 4.39 Å². The Hall–Kier alpha value is -2.70. The Bertz CT molecular complexity index is 1060. The summed E-state index contributed by atoms with van der Waals surface area (Å²) in [6.45, 7) is 15.2. The molecule has 0 spiro atoms. The quantitative estimate of drug-likeness (QED) is 0.458. The molecule has 2 heterocycles. The first kappa shape index (κ1) is 24.0. The normalized spacial score (nSPS) is 18.8. The lowest BCUT2D eigenvalue weighted by molar-refractivity contribution is 0.174. The number of aromatic nitrogens is 1. The van der Waals surface area contributed by atoms with E-state index < -0.39 is 5.82 Å². The summed E-state index contributed by atoms with van der Waals surface area (Å²) in [6, 6.07) is 7.06. The van der Waals surface area contributed by atoms with Crippen LogP contribution in [0.3, 0.4) is 0 Å². The van der Waals surface area contributed by atoms with Gasteiger partial charge in [-0.2, -0.15) is 0 Å². The summed E-state index contributed by atoms with van der Waals surface area (Å²) in [5.74, 6) is -0.468. The van der Waals surface area contributed by atoms with Crippen molar-refractivity contribution >= 4 is 34.3 Å². The van der Waals surface area contributed by atoms with E-state index in [1.807, 2.05) is 19.9 Å². The standard InChI is InChI=1S/C25H31ClFN5/c1-14-11-23(31-22-8-7-19(26)13-21(22)27)25(30-17(14)4)16(3)24(28)18(5)29-20-9-10-32(6)15(2)12-20/h7-8,11,13,15,20,28-29,31H,3,5,9-10,12H2,1-2,4,6H3. The van der Waals surface area contributed by atoms with Crippen molar-refractivity contribution in [2.75, 3.05) is 18.9 Å². The van der Waals surface area contributed by atoms with Crippen molar-refractivity contribution in [1.29, 1.82) is 5.41 Å². The van der Waals surface area contributed by atoms with Crippen LogP contribution in [0.25, 0.3) is 5.57 Å². The third-order valence-corrected chi connectivity index (χ3v) is 6.38. The van der Waals surface area contributed by atoms with E-state index in [1.54, 1.807) is 12.1 Å². The van der Waals surface area contributed by atoms with Gasteiger partial charge >= 0.3 is 0 Å². The maximum absolute atomic E-state index is 14.4. The van der Waals surface area contributed by atoms with E-state index in [4.69, 9.17) is 17.0 Å². The summed E-state index contributed by atoms with van der Waals surface area (Å²) in [5.41, 5.74) is 4.23. The fourth-order valence-corrected chi connectivity index (χ4v) is 3.97. The molecule has 1 aliphatic rings. The van der Waals surface area contributed by atoms with Gasteiger partial charge in [0.05, 0.1) is 28.5 Å². The van der Waals surface area contributed by atoms with Crippen LogP contribution in [0, 0.1) is 25.1 Å². The second kappa shape index (κ2) is 9.84. The van der Waals surface area contributed by atoms with Gasteiger partial charge in [-0.3, -0.25) is 10.4 Å². The highest BCUT2D eigenvalue weighted by Gasteiger charge is 2.24. The molecule has 0 saturated carbocycles. The number of hydrogen-bond donors (Lipinski definition) is 3. The first-order chi connectivity index (χ1) is 15.1. The highest BCUT2D eigenvalue weighted by molar-refractivity contribution is 6.30. The molecule has 1 aromatic carbocycles. The first-order valence-electron chi connectivity index (χ1n) is 10.7. The van der Waals surface area contributed by atoms with E-state index in [9.17, 15) is 4.39 Å². The van der Waals surface area contributed by atoms with E-state index in [0.717, 1.165) is 30.6 Å². The summed E-state index contributed by atoms with van der Waals surface area (Å²) in [6.07, 6.45) is 1.98. The van der Waals surface area contributed by atoms with Gasteiger partial charge in [0.25, 0.3) is 0 Å². The molecule has 32 heavy (non-hydrogen) atoms. The number of allylic oxidation sites excluding steroid dienone is 1. The van der Waals surface area contributed by atoms with Crippen LogP contribution in [0.5, 0.6) is 0 Å². The van der Waals surface area contributed by atoms with Gasteiger partial charge in [0, 0.05) is 34.9 Å². The predicted molar refractivity (Wildman–Crippen MR) is 133 cm³/mol. The number of likely N-dealkylation sites (tertiary alicyclic amines) is 1. The molecule has 0 amide bonds. The van der Waals surface area contributed by atoms with Crippen molar-refractivity contribution in [3.63, 3.8) is 0 Å². The van der Waals surface area contributed by atoms with Crippen molar-refractivity contribution in [1.82, 2.24) is 15.2 Å². The van der Waals surface area contributed by atoms with Crippen molar-refractivity contribution in [2.45, 2.75) is 45.7 Å². The van der Waals surface area contributed by atoms with Gasteiger partial charge in [0.2, 0.25) is 0 Å². The zero-order valence-corrected chi connectivity index (χ0v) is 19.9.